The van der Waals surface area contributed by atoms with E-state index in [-0.39, 0.29) is 5.78 Å². The van der Waals surface area contributed by atoms with Crippen molar-refractivity contribution < 1.29 is 9.53 Å². The zero-order valence-electron chi connectivity index (χ0n) is 11.9. The van der Waals surface area contributed by atoms with E-state index >= 15 is 0 Å². The molecule has 1 saturated heterocycles. The van der Waals surface area contributed by atoms with Gasteiger partial charge in [0.1, 0.15) is 5.69 Å². The summed E-state index contributed by atoms with van der Waals surface area (Å²) >= 11 is 3.41. The Labute approximate surface area is 127 Å². The van der Waals surface area contributed by atoms with E-state index < -0.39 is 5.54 Å². The molecule has 1 aromatic rings. The van der Waals surface area contributed by atoms with Gasteiger partial charge >= 0.3 is 0 Å². The quantitative estimate of drug-likeness (QED) is 0.803. The van der Waals surface area contributed by atoms with E-state index in [1.807, 2.05) is 14.1 Å². The number of carbonyl (C=O) groups excluding carboxylic acids is 1. The Bertz CT molecular complexity index is 481. The highest BCUT2D eigenvalue weighted by molar-refractivity contribution is 9.10. The van der Waals surface area contributed by atoms with Crippen LogP contribution in [-0.2, 0) is 11.3 Å². The largest absolute Gasteiger partial charge is 0.381 e. The highest BCUT2D eigenvalue weighted by atomic mass is 79.9. The van der Waals surface area contributed by atoms with Crippen LogP contribution in [0.2, 0.25) is 0 Å². The van der Waals surface area contributed by atoms with E-state index in [1.165, 1.54) is 0 Å². The third-order valence-corrected chi connectivity index (χ3v) is 4.19. The Morgan fingerprint density at radius 1 is 1.55 bits per heavy atom. The lowest BCUT2D eigenvalue weighted by atomic mass is 9.85. The van der Waals surface area contributed by atoms with Crippen LogP contribution in [-0.4, -0.2) is 59.9 Å². The van der Waals surface area contributed by atoms with Crippen molar-refractivity contribution in [3.8, 4) is 0 Å². The van der Waals surface area contributed by atoms with Crippen molar-refractivity contribution in [1.82, 2.24) is 14.7 Å². The van der Waals surface area contributed by atoms with Gasteiger partial charge in [0, 0.05) is 19.8 Å². The predicted octanol–water partition coefficient (Wildman–Crippen LogP) is 0.898. The molecular weight excluding hydrogens is 324 g/mol. The Morgan fingerprint density at radius 2 is 2.20 bits per heavy atom. The fourth-order valence-electron chi connectivity index (χ4n) is 2.25. The summed E-state index contributed by atoms with van der Waals surface area (Å²) in [6.45, 7) is 2.54. The zero-order chi connectivity index (χ0) is 14.8. The van der Waals surface area contributed by atoms with Gasteiger partial charge in [-0.25, -0.2) is 0 Å². The monoisotopic (exact) mass is 344 g/mol. The number of hydrogen-bond acceptors (Lipinski definition) is 5. The summed E-state index contributed by atoms with van der Waals surface area (Å²) in [6, 6.07) is 0. The maximum atomic E-state index is 12.8. The van der Waals surface area contributed by atoms with Crippen LogP contribution >= 0.6 is 15.9 Å². The zero-order valence-corrected chi connectivity index (χ0v) is 13.5. The molecule has 0 saturated carbocycles. The highest BCUT2D eigenvalue weighted by Gasteiger charge is 2.39. The van der Waals surface area contributed by atoms with Gasteiger partial charge in [-0.2, -0.15) is 5.10 Å². The van der Waals surface area contributed by atoms with Gasteiger partial charge in [-0.1, -0.05) is 0 Å². The second-order valence-electron chi connectivity index (χ2n) is 5.47. The second-order valence-corrected chi connectivity index (χ2v) is 6.32. The van der Waals surface area contributed by atoms with E-state index in [0.717, 1.165) is 6.54 Å². The molecule has 1 aliphatic heterocycles. The van der Waals surface area contributed by atoms with Crippen LogP contribution < -0.4 is 5.73 Å². The van der Waals surface area contributed by atoms with Gasteiger partial charge in [0.25, 0.3) is 0 Å². The van der Waals surface area contributed by atoms with Gasteiger partial charge in [-0.3, -0.25) is 9.48 Å². The summed E-state index contributed by atoms with van der Waals surface area (Å²) in [6.07, 6.45) is 2.76. The summed E-state index contributed by atoms with van der Waals surface area (Å²) < 4.78 is 7.74. The van der Waals surface area contributed by atoms with Crippen LogP contribution in [0.1, 0.15) is 23.3 Å². The fraction of sp³-hybridized carbons (Fsp3) is 0.692. The molecule has 0 bridgehead atoms. The number of rotatable bonds is 5. The van der Waals surface area contributed by atoms with Crippen molar-refractivity contribution in [2.24, 2.45) is 5.73 Å². The molecule has 1 aromatic heterocycles. The van der Waals surface area contributed by atoms with Crippen molar-refractivity contribution in [3.05, 3.63) is 16.4 Å². The van der Waals surface area contributed by atoms with E-state index in [0.29, 0.717) is 42.8 Å². The lowest BCUT2D eigenvalue weighted by Crippen LogP contribution is -2.52. The minimum absolute atomic E-state index is 0.0519. The smallest absolute Gasteiger partial charge is 0.201 e. The maximum absolute atomic E-state index is 12.8. The van der Waals surface area contributed by atoms with Gasteiger partial charge in [0.05, 0.1) is 22.8 Å². The summed E-state index contributed by atoms with van der Waals surface area (Å²) in [5.41, 5.74) is 6.01. The Morgan fingerprint density at radius 3 is 2.80 bits per heavy atom. The third-order valence-electron chi connectivity index (χ3n) is 3.61. The summed E-state index contributed by atoms with van der Waals surface area (Å²) in [5.74, 6) is -0.0519. The van der Waals surface area contributed by atoms with Crippen molar-refractivity contribution in [2.45, 2.75) is 24.9 Å². The Balaban J connectivity index is 2.22. The molecular formula is C13H21BrN4O2. The number of carbonyl (C=O) groups is 1. The van der Waals surface area contributed by atoms with E-state index in [1.54, 1.807) is 10.9 Å². The van der Waals surface area contributed by atoms with Crippen molar-refractivity contribution in [3.63, 3.8) is 0 Å². The molecule has 2 rings (SSSR count). The summed E-state index contributed by atoms with van der Waals surface area (Å²) in [5, 5.41) is 4.27. The molecule has 112 valence electrons. The predicted molar refractivity (Wildman–Crippen MR) is 79.8 cm³/mol. The first-order valence-electron chi connectivity index (χ1n) is 6.71. The van der Waals surface area contributed by atoms with Crippen LogP contribution in [0.5, 0.6) is 0 Å². The summed E-state index contributed by atoms with van der Waals surface area (Å²) in [4.78, 5) is 14.8. The van der Waals surface area contributed by atoms with Crippen LogP contribution in [0.15, 0.2) is 10.7 Å². The minimum atomic E-state index is -0.837. The van der Waals surface area contributed by atoms with Gasteiger partial charge in [0.2, 0.25) is 5.78 Å². The van der Waals surface area contributed by atoms with Gasteiger partial charge in [-0.15, -0.1) is 0 Å². The van der Waals surface area contributed by atoms with Gasteiger partial charge < -0.3 is 15.4 Å². The van der Waals surface area contributed by atoms with Crippen LogP contribution in [0, 0.1) is 0 Å². The fourth-order valence-corrected chi connectivity index (χ4v) is 2.73. The molecule has 0 atom stereocenters. The normalized spacial score (nSPS) is 18.4. The Kier molecular flexibility index (Phi) is 4.95. The molecule has 0 spiro atoms. The molecule has 0 aromatic carbocycles. The maximum Gasteiger partial charge on any atom is 0.201 e. The average Bonchev–Trinajstić information content (AvgIpc) is 2.77. The first kappa shape index (κ1) is 15.6. The molecule has 0 radical (unpaired) electrons. The molecule has 2 heterocycles. The molecule has 0 aliphatic carbocycles. The summed E-state index contributed by atoms with van der Waals surface area (Å²) in [7, 11) is 3.98. The molecule has 0 unspecified atom stereocenters. The molecule has 0 amide bonds. The number of likely N-dealkylation sites (N-methyl/N-ethyl adjacent to an activating group) is 1. The number of ketones is 1. The van der Waals surface area contributed by atoms with Gasteiger partial charge in [0.15, 0.2) is 0 Å². The van der Waals surface area contributed by atoms with E-state index in [2.05, 4.69) is 25.9 Å². The van der Waals surface area contributed by atoms with E-state index in [4.69, 9.17) is 10.5 Å². The lowest BCUT2D eigenvalue weighted by Gasteiger charge is -2.32. The van der Waals surface area contributed by atoms with Crippen molar-refractivity contribution >= 4 is 21.7 Å². The topological polar surface area (TPSA) is 73.4 Å². The third kappa shape index (κ3) is 3.28. The first-order valence-corrected chi connectivity index (χ1v) is 7.51. The van der Waals surface area contributed by atoms with E-state index in [9.17, 15) is 4.79 Å². The number of aromatic nitrogens is 2. The van der Waals surface area contributed by atoms with Crippen molar-refractivity contribution in [2.75, 3.05) is 33.9 Å². The van der Waals surface area contributed by atoms with Crippen molar-refractivity contribution in [1.29, 1.82) is 0 Å². The number of halogens is 1. The number of Topliss-reactive ketones (excluding diaryl/α,β-unsaturated/α-hetero) is 1. The molecule has 20 heavy (non-hydrogen) atoms. The van der Waals surface area contributed by atoms with Crippen LogP contribution in [0.3, 0.4) is 0 Å². The molecule has 2 N–H and O–H groups in total. The SMILES string of the molecule is CN(C)CCn1ncc(Br)c1C(=O)C1(N)CCOCC1. The lowest BCUT2D eigenvalue weighted by molar-refractivity contribution is 0.0440. The number of ether oxygens (including phenoxy) is 1. The number of nitrogens with two attached hydrogens (primary N) is 1. The van der Waals surface area contributed by atoms with Crippen LogP contribution in [0.25, 0.3) is 0 Å². The molecule has 1 aliphatic rings. The number of nitrogens with zero attached hydrogens (tertiary/aromatic N) is 3. The molecule has 6 nitrogen and oxygen atoms in total. The van der Waals surface area contributed by atoms with Crippen LogP contribution in [0.4, 0.5) is 0 Å². The molecule has 7 heteroatoms. The Hall–Kier alpha value is -0.760. The standard InChI is InChI=1S/C13H21BrN4O2/c1-17(2)5-6-18-11(10(14)9-16-18)12(19)13(15)3-7-20-8-4-13/h9H,3-8,15H2,1-2H3. The van der Waals surface area contributed by atoms with Gasteiger partial charge in [-0.05, 0) is 42.9 Å². The highest BCUT2D eigenvalue weighted by Crippen LogP contribution is 2.26. The number of hydrogen-bond donors (Lipinski definition) is 1. The molecule has 1 fully saturated rings. The first-order chi connectivity index (χ1) is 9.44. The average molecular weight is 345 g/mol. The minimum Gasteiger partial charge on any atom is -0.381 e. The second kappa shape index (κ2) is 6.34.